The molecule has 3 aromatic carbocycles. The van der Waals surface area contributed by atoms with Gasteiger partial charge in [0.2, 0.25) is 0 Å². The molecule has 0 spiro atoms. The van der Waals surface area contributed by atoms with Gasteiger partial charge in [0.1, 0.15) is 5.75 Å². The van der Waals surface area contributed by atoms with Gasteiger partial charge < -0.3 is 10.2 Å². The number of aromatic hydroxyl groups is 1. The predicted molar refractivity (Wildman–Crippen MR) is 113 cm³/mol. The van der Waals surface area contributed by atoms with E-state index in [-0.39, 0.29) is 16.7 Å². The first-order valence-corrected chi connectivity index (χ1v) is 9.32. The van der Waals surface area contributed by atoms with Crippen molar-refractivity contribution >= 4 is 18.1 Å². The molecule has 0 fully saturated rings. The van der Waals surface area contributed by atoms with Crippen molar-refractivity contribution in [2.24, 2.45) is 0 Å². The molecule has 0 unspecified atom stereocenters. The molecule has 1 aliphatic carbocycles. The molecular formula is C25H22O3. The lowest BCUT2D eigenvalue weighted by Gasteiger charge is -2.34. The van der Waals surface area contributed by atoms with Crippen LogP contribution in [0.4, 0.5) is 0 Å². The number of aromatic carboxylic acids is 1. The minimum atomic E-state index is -0.922. The van der Waals surface area contributed by atoms with Gasteiger partial charge in [0, 0.05) is 0 Å². The van der Waals surface area contributed by atoms with Gasteiger partial charge >= 0.3 is 5.97 Å². The highest BCUT2D eigenvalue weighted by Gasteiger charge is 2.30. The molecule has 2 N–H and O–H groups in total. The van der Waals surface area contributed by atoms with Crippen LogP contribution in [0.2, 0.25) is 0 Å². The van der Waals surface area contributed by atoms with Crippen LogP contribution in [0.1, 0.15) is 46.5 Å². The Morgan fingerprint density at radius 2 is 1.57 bits per heavy atom. The lowest BCUT2D eigenvalue weighted by molar-refractivity contribution is 0.0697. The van der Waals surface area contributed by atoms with Crippen LogP contribution in [0.3, 0.4) is 0 Å². The molecule has 0 saturated heterocycles. The number of carboxylic acids is 1. The van der Waals surface area contributed by atoms with Crippen LogP contribution in [0, 0.1) is 0 Å². The van der Waals surface area contributed by atoms with Gasteiger partial charge in [-0.05, 0) is 75.5 Å². The molecule has 0 amide bonds. The Balaban J connectivity index is 1.72. The lowest BCUT2D eigenvalue weighted by Crippen LogP contribution is -2.25. The number of phenolic OH excluding ortho intramolecular Hbond substituents is 1. The first-order chi connectivity index (χ1) is 13.3. The van der Waals surface area contributed by atoms with E-state index in [0.717, 1.165) is 28.7 Å². The number of phenols is 1. The Morgan fingerprint density at radius 1 is 0.893 bits per heavy atom. The highest BCUT2D eigenvalue weighted by atomic mass is 16.4. The van der Waals surface area contributed by atoms with Gasteiger partial charge in [-0.3, -0.25) is 0 Å². The molecule has 0 aliphatic heterocycles. The summed E-state index contributed by atoms with van der Waals surface area (Å²) in [6.45, 7) is 4.50. The van der Waals surface area contributed by atoms with Gasteiger partial charge in [0.15, 0.2) is 0 Å². The monoisotopic (exact) mass is 370 g/mol. The van der Waals surface area contributed by atoms with Crippen LogP contribution in [-0.4, -0.2) is 16.2 Å². The van der Waals surface area contributed by atoms with E-state index in [2.05, 4.69) is 32.0 Å². The topological polar surface area (TPSA) is 57.5 Å². The number of carbonyl (C=O) groups is 1. The van der Waals surface area contributed by atoms with Gasteiger partial charge in [0.05, 0.1) is 5.56 Å². The minimum Gasteiger partial charge on any atom is -0.508 e. The second kappa shape index (κ2) is 6.68. The van der Waals surface area contributed by atoms with Crippen LogP contribution in [-0.2, 0) is 11.8 Å². The zero-order chi connectivity index (χ0) is 19.9. The zero-order valence-corrected chi connectivity index (χ0v) is 15.9. The third-order valence-corrected chi connectivity index (χ3v) is 5.41. The standard InChI is InChI=1S/C25H22O3/c1-25(2)15-19-10-11-20(26)14-21(19)22-13-17(7-12-23(22)25)4-3-16-5-8-18(9-6-16)24(27)28/h3-14,26H,15H2,1-2H3,(H,27,28)/b4-3+. The van der Waals surface area contributed by atoms with E-state index in [4.69, 9.17) is 5.11 Å². The second-order valence-corrected chi connectivity index (χ2v) is 7.97. The number of rotatable bonds is 3. The van der Waals surface area contributed by atoms with Crippen LogP contribution in [0.15, 0.2) is 60.7 Å². The van der Waals surface area contributed by atoms with Crippen molar-refractivity contribution in [3.8, 4) is 16.9 Å². The molecule has 0 radical (unpaired) electrons. The molecule has 4 rings (SSSR count). The highest BCUT2D eigenvalue weighted by molar-refractivity contribution is 5.88. The van der Waals surface area contributed by atoms with E-state index in [0.29, 0.717) is 0 Å². The smallest absolute Gasteiger partial charge is 0.335 e. The lowest BCUT2D eigenvalue weighted by atomic mass is 9.70. The summed E-state index contributed by atoms with van der Waals surface area (Å²) in [4.78, 5) is 11.0. The largest absolute Gasteiger partial charge is 0.508 e. The van der Waals surface area contributed by atoms with Crippen molar-refractivity contribution in [1.82, 2.24) is 0 Å². The van der Waals surface area contributed by atoms with Crippen molar-refractivity contribution in [1.29, 1.82) is 0 Å². The van der Waals surface area contributed by atoms with E-state index >= 15 is 0 Å². The number of hydrogen-bond acceptors (Lipinski definition) is 2. The number of fused-ring (bicyclic) bond motifs is 3. The fraction of sp³-hybridized carbons (Fsp3) is 0.160. The summed E-state index contributed by atoms with van der Waals surface area (Å²) < 4.78 is 0. The average Bonchev–Trinajstić information content (AvgIpc) is 2.67. The van der Waals surface area contributed by atoms with Crippen molar-refractivity contribution in [3.05, 3.63) is 88.5 Å². The van der Waals surface area contributed by atoms with Crippen molar-refractivity contribution in [3.63, 3.8) is 0 Å². The summed E-state index contributed by atoms with van der Waals surface area (Å²) in [7, 11) is 0. The normalized spacial score (nSPS) is 14.5. The molecule has 0 bridgehead atoms. The number of carboxylic acid groups (broad SMARTS) is 1. The fourth-order valence-corrected chi connectivity index (χ4v) is 3.95. The average molecular weight is 370 g/mol. The van der Waals surface area contributed by atoms with Gasteiger partial charge in [-0.25, -0.2) is 4.79 Å². The Kier molecular flexibility index (Phi) is 4.31. The predicted octanol–water partition coefficient (Wildman–Crippen LogP) is 5.76. The summed E-state index contributed by atoms with van der Waals surface area (Å²) >= 11 is 0. The first-order valence-electron chi connectivity index (χ1n) is 9.32. The molecule has 0 aromatic heterocycles. The van der Waals surface area contributed by atoms with Crippen molar-refractivity contribution in [2.45, 2.75) is 25.7 Å². The van der Waals surface area contributed by atoms with Gasteiger partial charge in [-0.2, -0.15) is 0 Å². The molecule has 3 nitrogen and oxygen atoms in total. The summed E-state index contributed by atoms with van der Waals surface area (Å²) in [6.07, 6.45) is 4.95. The van der Waals surface area contributed by atoms with E-state index in [1.54, 1.807) is 30.3 Å². The first kappa shape index (κ1) is 18.1. The molecule has 3 aromatic rings. The number of hydrogen-bond donors (Lipinski definition) is 2. The van der Waals surface area contributed by atoms with E-state index < -0.39 is 5.97 Å². The Bertz CT molecular complexity index is 1090. The van der Waals surface area contributed by atoms with Crippen LogP contribution >= 0.6 is 0 Å². The quantitative estimate of drug-likeness (QED) is 0.576. The molecule has 0 saturated carbocycles. The summed E-state index contributed by atoms with van der Waals surface area (Å²) in [5.74, 6) is -0.640. The van der Waals surface area contributed by atoms with E-state index in [9.17, 15) is 9.90 Å². The maximum absolute atomic E-state index is 11.0. The van der Waals surface area contributed by atoms with Crippen molar-refractivity contribution < 1.29 is 15.0 Å². The molecular weight excluding hydrogens is 348 g/mol. The maximum atomic E-state index is 11.0. The van der Waals surface area contributed by atoms with E-state index in [1.807, 2.05) is 24.3 Å². The molecule has 0 atom stereocenters. The molecule has 3 heteroatoms. The number of benzene rings is 3. The third kappa shape index (κ3) is 3.31. The SMILES string of the molecule is CC1(C)Cc2ccc(O)cc2-c2cc(/C=C/c3ccc(C(=O)O)cc3)ccc21. The van der Waals surface area contributed by atoms with Gasteiger partial charge in [-0.1, -0.05) is 56.3 Å². The maximum Gasteiger partial charge on any atom is 0.335 e. The molecule has 140 valence electrons. The Morgan fingerprint density at radius 3 is 2.29 bits per heavy atom. The van der Waals surface area contributed by atoms with Gasteiger partial charge in [0.25, 0.3) is 0 Å². The van der Waals surface area contributed by atoms with Crippen LogP contribution in [0.25, 0.3) is 23.3 Å². The fourth-order valence-electron chi connectivity index (χ4n) is 3.95. The minimum absolute atomic E-state index is 0.0359. The second-order valence-electron chi connectivity index (χ2n) is 7.97. The van der Waals surface area contributed by atoms with Crippen LogP contribution < -0.4 is 0 Å². The summed E-state index contributed by atoms with van der Waals surface area (Å²) in [5, 5.41) is 19.0. The Hall–Kier alpha value is -3.33. The van der Waals surface area contributed by atoms with Crippen molar-refractivity contribution in [2.75, 3.05) is 0 Å². The van der Waals surface area contributed by atoms with Gasteiger partial charge in [-0.15, -0.1) is 0 Å². The molecule has 28 heavy (non-hydrogen) atoms. The Labute approximate surface area is 164 Å². The summed E-state index contributed by atoms with van der Waals surface area (Å²) in [5.41, 5.74) is 7.11. The van der Waals surface area contributed by atoms with E-state index in [1.165, 1.54) is 11.1 Å². The molecule has 1 aliphatic rings. The zero-order valence-electron chi connectivity index (χ0n) is 15.9. The third-order valence-electron chi connectivity index (χ3n) is 5.41. The molecule has 0 heterocycles. The van der Waals surface area contributed by atoms with Crippen LogP contribution in [0.5, 0.6) is 5.75 Å². The highest BCUT2D eigenvalue weighted by Crippen LogP contribution is 2.44. The summed E-state index contributed by atoms with van der Waals surface area (Å²) in [6, 6.07) is 18.9.